The number of aromatic hydroxyl groups is 1. The normalized spacial score (nSPS) is 11.2. The Kier molecular flexibility index (Phi) is 3.51. The van der Waals surface area contributed by atoms with Crippen molar-refractivity contribution < 1.29 is 5.11 Å². The van der Waals surface area contributed by atoms with Gasteiger partial charge in [-0.05, 0) is 23.3 Å². The van der Waals surface area contributed by atoms with Crippen LogP contribution in [0.25, 0.3) is 42.4 Å². The molecule has 0 saturated heterocycles. The standard InChI is InChI=1S/C24H16OS/c25-23-19(16-9-3-1-4-10-16)15-20-18-13-7-8-14-21(18)26-24(20)22(23)17-11-5-2-6-12-17/h1-15,25H. The lowest BCUT2D eigenvalue weighted by Gasteiger charge is -2.12. The van der Waals surface area contributed by atoms with E-state index in [-0.39, 0.29) is 0 Å². The first-order valence-corrected chi connectivity index (χ1v) is 9.42. The van der Waals surface area contributed by atoms with Crippen molar-refractivity contribution >= 4 is 31.5 Å². The van der Waals surface area contributed by atoms with E-state index >= 15 is 0 Å². The smallest absolute Gasteiger partial charge is 0.132 e. The molecule has 0 saturated carbocycles. The van der Waals surface area contributed by atoms with Crippen molar-refractivity contribution in [3.05, 3.63) is 91.0 Å². The van der Waals surface area contributed by atoms with Crippen molar-refractivity contribution in [3.63, 3.8) is 0 Å². The van der Waals surface area contributed by atoms with Gasteiger partial charge in [0.1, 0.15) is 5.75 Å². The molecule has 1 nitrogen and oxygen atoms in total. The van der Waals surface area contributed by atoms with Crippen LogP contribution in [0.3, 0.4) is 0 Å². The fraction of sp³-hybridized carbons (Fsp3) is 0. The van der Waals surface area contributed by atoms with Gasteiger partial charge in [0, 0.05) is 31.3 Å². The largest absolute Gasteiger partial charge is 0.507 e. The van der Waals surface area contributed by atoms with E-state index in [1.54, 1.807) is 11.3 Å². The Labute approximate surface area is 155 Å². The third-order valence-corrected chi connectivity index (χ3v) is 5.99. The summed E-state index contributed by atoms with van der Waals surface area (Å²) in [5, 5.41) is 13.7. The molecule has 0 fully saturated rings. The fourth-order valence-corrected chi connectivity index (χ4v) is 4.81. The lowest BCUT2D eigenvalue weighted by molar-refractivity contribution is 0.480. The second kappa shape index (κ2) is 6.01. The summed E-state index contributed by atoms with van der Waals surface area (Å²) in [4.78, 5) is 0. The number of phenols is 1. The van der Waals surface area contributed by atoms with Gasteiger partial charge < -0.3 is 5.11 Å². The van der Waals surface area contributed by atoms with Crippen molar-refractivity contribution in [2.24, 2.45) is 0 Å². The molecular weight excluding hydrogens is 336 g/mol. The zero-order valence-electron chi connectivity index (χ0n) is 14.0. The van der Waals surface area contributed by atoms with Crippen molar-refractivity contribution in [3.8, 4) is 28.0 Å². The molecule has 0 bridgehead atoms. The minimum atomic E-state index is 0.349. The minimum absolute atomic E-state index is 0.349. The van der Waals surface area contributed by atoms with E-state index in [9.17, 15) is 5.11 Å². The Morgan fingerprint density at radius 3 is 1.96 bits per heavy atom. The predicted molar refractivity (Wildman–Crippen MR) is 112 cm³/mol. The molecule has 0 spiro atoms. The van der Waals surface area contributed by atoms with Gasteiger partial charge >= 0.3 is 0 Å². The lowest BCUT2D eigenvalue weighted by atomic mass is 9.94. The van der Waals surface area contributed by atoms with Crippen molar-refractivity contribution in [1.82, 2.24) is 0 Å². The summed E-state index contributed by atoms with van der Waals surface area (Å²) < 4.78 is 2.37. The zero-order chi connectivity index (χ0) is 17.5. The summed E-state index contributed by atoms with van der Waals surface area (Å²) in [6.07, 6.45) is 0. The molecule has 4 aromatic carbocycles. The number of hydrogen-bond donors (Lipinski definition) is 1. The minimum Gasteiger partial charge on any atom is -0.507 e. The van der Waals surface area contributed by atoms with E-state index in [2.05, 4.69) is 42.5 Å². The van der Waals surface area contributed by atoms with Crippen LogP contribution in [-0.4, -0.2) is 5.11 Å². The third kappa shape index (κ3) is 2.31. The highest BCUT2D eigenvalue weighted by atomic mass is 32.1. The van der Waals surface area contributed by atoms with Crippen LogP contribution in [0.5, 0.6) is 5.75 Å². The summed E-state index contributed by atoms with van der Waals surface area (Å²) >= 11 is 1.74. The van der Waals surface area contributed by atoms with Crippen LogP contribution in [-0.2, 0) is 0 Å². The summed E-state index contributed by atoms with van der Waals surface area (Å²) in [6, 6.07) is 30.8. The highest BCUT2D eigenvalue weighted by Gasteiger charge is 2.18. The Balaban J connectivity index is 1.96. The molecule has 5 aromatic rings. The van der Waals surface area contributed by atoms with Gasteiger partial charge in [0.15, 0.2) is 0 Å². The molecule has 0 aliphatic rings. The number of rotatable bonds is 2. The van der Waals surface area contributed by atoms with E-state index in [0.29, 0.717) is 5.75 Å². The Hall–Kier alpha value is -3.10. The SMILES string of the molecule is Oc1c(-c2ccccc2)cc2c(sc3ccccc32)c1-c1ccccc1. The first kappa shape index (κ1) is 15.2. The van der Waals surface area contributed by atoms with E-state index in [4.69, 9.17) is 0 Å². The number of benzene rings is 4. The van der Waals surface area contributed by atoms with Gasteiger partial charge in [-0.1, -0.05) is 78.9 Å². The lowest BCUT2D eigenvalue weighted by Crippen LogP contribution is -1.85. The number of phenolic OH excluding ortho intramolecular Hbond substituents is 1. The molecule has 0 amide bonds. The average molecular weight is 352 g/mol. The van der Waals surface area contributed by atoms with Gasteiger partial charge in [-0.3, -0.25) is 0 Å². The predicted octanol–water partition coefficient (Wildman–Crippen LogP) is 7.09. The van der Waals surface area contributed by atoms with E-state index in [1.165, 1.54) is 15.5 Å². The molecule has 124 valence electrons. The summed E-state index contributed by atoms with van der Waals surface area (Å²) in [7, 11) is 0. The van der Waals surface area contributed by atoms with Gasteiger partial charge in [0.2, 0.25) is 0 Å². The monoisotopic (exact) mass is 352 g/mol. The third-order valence-electron chi connectivity index (χ3n) is 4.79. The van der Waals surface area contributed by atoms with Crippen molar-refractivity contribution in [2.75, 3.05) is 0 Å². The van der Waals surface area contributed by atoms with Gasteiger partial charge in [-0.2, -0.15) is 0 Å². The van der Waals surface area contributed by atoms with Crippen molar-refractivity contribution in [1.29, 1.82) is 0 Å². The fourth-order valence-electron chi connectivity index (χ4n) is 3.56. The maximum atomic E-state index is 11.2. The quantitative estimate of drug-likeness (QED) is 0.359. The number of thiophene rings is 1. The molecule has 0 radical (unpaired) electrons. The van der Waals surface area contributed by atoms with Crippen LogP contribution >= 0.6 is 11.3 Å². The van der Waals surface area contributed by atoms with Gasteiger partial charge in [0.05, 0.1) is 0 Å². The summed E-state index contributed by atoms with van der Waals surface area (Å²) in [6.45, 7) is 0. The van der Waals surface area contributed by atoms with E-state index in [0.717, 1.165) is 27.0 Å². The Bertz CT molecular complexity index is 1220. The molecule has 26 heavy (non-hydrogen) atoms. The van der Waals surface area contributed by atoms with Crippen LogP contribution in [0.1, 0.15) is 0 Å². The first-order valence-electron chi connectivity index (χ1n) is 8.61. The summed E-state index contributed by atoms with van der Waals surface area (Å²) in [5.41, 5.74) is 3.86. The van der Waals surface area contributed by atoms with Gasteiger partial charge in [-0.25, -0.2) is 0 Å². The van der Waals surface area contributed by atoms with E-state index in [1.807, 2.05) is 48.5 Å². The number of fused-ring (bicyclic) bond motifs is 3. The van der Waals surface area contributed by atoms with Crippen LogP contribution in [0.15, 0.2) is 91.0 Å². The van der Waals surface area contributed by atoms with Gasteiger partial charge in [-0.15, -0.1) is 11.3 Å². The number of hydrogen-bond acceptors (Lipinski definition) is 2. The van der Waals surface area contributed by atoms with Crippen LogP contribution in [0.4, 0.5) is 0 Å². The second-order valence-electron chi connectivity index (χ2n) is 6.35. The first-order chi connectivity index (χ1) is 12.8. The van der Waals surface area contributed by atoms with Crippen molar-refractivity contribution in [2.45, 2.75) is 0 Å². The molecule has 2 heteroatoms. The average Bonchev–Trinajstić information content (AvgIpc) is 3.07. The molecule has 0 aliphatic heterocycles. The van der Waals surface area contributed by atoms with E-state index < -0.39 is 0 Å². The van der Waals surface area contributed by atoms with Gasteiger partial charge in [0.25, 0.3) is 0 Å². The molecule has 0 unspecified atom stereocenters. The molecule has 0 atom stereocenters. The molecule has 1 N–H and O–H groups in total. The van der Waals surface area contributed by atoms with Crippen LogP contribution < -0.4 is 0 Å². The molecule has 1 heterocycles. The maximum absolute atomic E-state index is 11.2. The molecule has 5 rings (SSSR count). The summed E-state index contributed by atoms with van der Waals surface area (Å²) in [5.74, 6) is 0.349. The topological polar surface area (TPSA) is 20.2 Å². The Morgan fingerprint density at radius 1 is 0.615 bits per heavy atom. The molecule has 1 aromatic heterocycles. The molecule has 0 aliphatic carbocycles. The molecular formula is C24H16OS. The van der Waals surface area contributed by atoms with Crippen LogP contribution in [0.2, 0.25) is 0 Å². The highest BCUT2D eigenvalue weighted by Crippen LogP contribution is 2.48. The second-order valence-corrected chi connectivity index (χ2v) is 7.41. The maximum Gasteiger partial charge on any atom is 0.132 e. The Morgan fingerprint density at radius 2 is 1.23 bits per heavy atom. The highest BCUT2D eigenvalue weighted by molar-refractivity contribution is 7.26. The van der Waals surface area contributed by atoms with Crippen LogP contribution in [0, 0.1) is 0 Å². The zero-order valence-corrected chi connectivity index (χ0v) is 14.8.